The lowest BCUT2D eigenvalue weighted by atomic mass is 9.78. The molecule has 2 unspecified atom stereocenters. The predicted molar refractivity (Wildman–Crippen MR) is 63.4 cm³/mol. The summed E-state index contributed by atoms with van der Waals surface area (Å²) in [5.74, 6) is -0.828. The van der Waals surface area contributed by atoms with Crippen LogP contribution < -0.4 is 0 Å². The number of carbonyl (C=O) groups is 1. The Kier molecular flexibility index (Phi) is 3.09. The predicted octanol–water partition coefficient (Wildman–Crippen LogP) is 3.13. The number of carboxylic acid groups (broad SMARTS) is 1. The second-order valence-corrected chi connectivity index (χ2v) is 4.40. The third kappa shape index (κ3) is 2.16. The van der Waals surface area contributed by atoms with E-state index >= 15 is 0 Å². The van der Waals surface area contributed by atoms with E-state index in [4.69, 9.17) is 0 Å². The first-order chi connectivity index (χ1) is 7.68. The molecule has 0 saturated carbocycles. The fraction of sp³-hybridized carbons (Fsp3) is 0.357. The van der Waals surface area contributed by atoms with Crippen molar-refractivity contribution in [3.8, 4) is 0 Å². The smallest absolute Gasteiger partial charge is 0.307 e. The van der Waals surface area contributed by atoms with Gasteiger partial charge in [0.2, 0.25) is 0 Å². The van der Waals surface area contributed by atoms with Crippen molar-refractivity contribution in [1.82, 2.24) is 0 Å². The van der Waals surface area contributed by atoms with E-state index in [0.717, 1.165) is 12.0 Å². The van der Waals surface area contributed by atoms with Gasteiger partial charge in [0, 0.05) is 5.92 Å². The molecule has 0 heterocycles. The van der Waals surface area contributed by atoms with Crippen LogP contribution in [0.25, 0.3) is 0 Å². The zero-order valence-corrected chi connectivity index (χ0v) is 9.39. The monoisotopic (exact) mass is 216 g/mol. The van der Waals surface area contributed by atoms with E-state index in [2.05, 4.69) is 18.2 Å². The topological polar surface area (TPSA) is 37.3 Å². The fourth-order valence-corrected chi connectivity index (χ4v) is 2.27. The molecule has 0 aliphatic heterocycles. The van der Waals surface area contributed by atoms with Crippen LogP contribution in [-0.2, 0) is 4.79 Å². The molecular weight excluding hydrogens is 200 g/mol. The first kappa shape index (κ1) is 10.9. The Morgan fingerprint density at radius 1 is 1.19 bits per heavy atom. The van der Waals surface area contributed by atoms with Crippen LogP contribution in [0.5, 0.6) is 0 Å². The van der Waals surface area contributed by atoms with Gasteiger partial charge >= 0.3 is 5.97 Å². The molecule has 16 heavy (non-hydrogen) atoms. The highest BCUT2D eigenvalue weighted by molar-refractivity contribution is 5.72. The van der Waals surface area contributed by atoms with Gasteiger partial charge in [-0.3, -0.25) is 4.79 Å². The second-order valence-electron chi connectivity index (χ2n) is 4.40. The summed E-state index contributed by atoms with van der Waals surface area (Å²) in [6.07, 6.45) is 5.54. The SMILES string of the molecule is Cc1ccc(C2CC=CCC2C(=O)O)cc1. The van der Waals surface area contributed by atoms with Crippen molar-refractivity contribution in [1.29, 1.82) is 0 Å². The largest absolute Gasteiger partial charge is 0.481 e. The van der Waals surface area contributed by atoms with Crippen molar-refractivity contribution < 1.29 is 9.90 Å². The highest BCUT2D eigenvalue weighted by Gasteiger charge is 2.29. The molecule has 1 N–H and O–H groups in total. The van der Waals surface area contributed by atoms with Crippen LogP contribution in [0.4, 0.5) is 0 Å². The summed E-state index contributed by atoms with van der Waals surface area (Å²) in [5, 5.41) is 9.19. The standard InChI is InChI=1S/C14H16O2/c1-10-6-8-11(9-7-10)12-4-2-3-5-13(12)14(15)16/h2-3,6-9,12-13H,4-5H2,1H3,(H,15,16). The van der Waals surface area contributed by atoms with Crippen molar-refractivity contribution in [2.75, 3.05) is 0 Å². The number of rotatable bonds is 2. The molecule has 1 aliphatic rings. The van der Waals surface area contributed by atoms with E-state index in [9.17, 15) is 9.90 Å². The second kappa shape index (κ2) is 4.52. The summed E-state index contributed by atoms with van der Waals surface area (Å²) in [6, 6.07) is 8.20. The highest BCUT2D eigenvalue weighted by Crippen LogP contribution is 2.34. The molecule has 0 saturated heterocycles. The first-order valence-electron chi connectivity index (χ1n) is 5.63. The first-order valence-corrected chi connectivity index (χ1v) is 5.63. The van der Waals surface area contributed by atoms with Crippen LogP contribution in [0, 0.1) is 12.8 Å². The summed E-state index contributed by atoms with van der Waals surface area (Å²) < 4.78 is 0. The van der Waals surface area contributed by atoms with E-state index in [1.54, 1.807) is 0 Å². The Labute approximate surface area is 95.6 Å². The molecule has 0 aromatic heterocycles. The molecule has 2 rings (SSSR count). The summed E-state index contributed by atoms with van der Waals surface area (Å²) in [5.41, 5.74) is 2.35. The molecule has 0 radical (unpaired) electrons. The lowest BCUT2D eigenvalue weighted by molar-refractivity contribution is -0.142. The number of hydrogen-bond donors (Lipinski definition) is 1. The molecule has 0 fully saturated rings. The number of carboxylic acids is 1. The Bertz CT molecular complexity index is 403. The number of aryl methyl sites for hydroxylation is 1. The summed E-state index contributed by atoms with van der Waals surface area (Å²) in [6.45, 7) is 2.04. The Balaban J connectivity index is 2.27. The average molecular weight is 216 g/mol. The van der Waals surface area contributed by atoms with Crippen molar-refractivity contribution in [3.05, 3.63) is 47.5 Å². The maximum atomic E-state index is 11.2. The van der Waals surface area contributed by atoms with Gasteiger partial charge < -0.3 is 5.11 Å². The number of aliphatic carboxylic acids is 1. The van der Waals surface area contributed by atoms with E-state index in [0.29, 0.717) is 6.42 Å². The zero-order chi connectivity index (χ0) is 11.5. The van der Waals surface area contributed by atoms with E-state index < -0.39 is 5.97 Å². The lowest BCUT2D eigenvalue weighted by Gasteiger charge is -2.25. The van der Waals surface area contributed by atoms with Gasteiger partial charge in [0.05, 0.1) is 5.92 Å². The molecule has 2 nitrogen and oxygen atoms in total. The van der Waals surface area contributed by atoms with Gasteiger partial charge in [-0.15, -0.1) is 0 Å². The molecule has 0 spiro atoms. The minimum atomic E-state index is -0.685. The van der Waals surface area contributed by atoms with Gasteiger partial charge in [0.25, 0.3) is 0 Å². The molecule has 0 bridgehead atoms. The van der Waals surface area contributed by atoms with Crippen LogP contribution in [-0.4, -0.2) is 11.1 Å². The van der Waals surface area contributed by atoms with E-state index in [-0.39, 0.29) is 11.8 Å². The minimum Gasteiger partial charge on any atom is -0.481 e. The Morgan fingerprint density at radius 2 is 1.81 bits per heavy atom. The number of allylic oxidation sites excluding steroid dienone is 2. The normalized spacial score (nSPS) is 24.3. The van der Waals surface area contributed by atoms with Crippen LogP contribution >= 0.6 is 0 Å². The highest BCUT2D eigenvalue weighted by atomic mass is 16.4. The molecule has 0 amide bonds. The van der Waals surface area contributed by atoms with Gasteiger partial charge in [-0.25, -0.2) is 0 Å². The molecule has 1 aromatic carbocycles. The molecule has 1 aliphatic carbocycles. The third-order valence-electron chi connectivity index (χ3n) is 3.26. The molecule has 2 atom stereocenters. The average Bonchev–Trinajstić information content (AvgIpc) is 2.30. The maximum Gasteiger partial charge on any atom is 0.307 e. The summed E-state index contributed by atoms with van der Waals surface area (Å²) >= 11 is 0. The lowest BCUT2D eigenvalue weighted by Crippen LogP contribution is -2.23. The Morgan fingerprint density at radius 3 is 2.44 bits per heavy atom. The van der Waals surface area contributed by atoms with Crippen LogP contribution in [0.1, 0.15) is 29.9 Å². The summed E-state index contributed by atoms with van der Waals surface area (Å²) in [4.78, 5) is 11.2. The quantitative estimate of drug-likeness (QED) is 0.771. The number of benzene rings is 1. The zero-order valence-electron chi connectivity index (χ0n) is 9.39. The molecule has 84 valence electrons. The van der Waals surface area contributed by atoms with Gasteiger partial charge in [0.1, 0.15) is 0 Å². The van der Waals surface area contributed by atoms with Gasteiger partial charge in [0.15, 0.2) is 0 Å². The van der Waals surface area contributed by atoms with Gasteiger partial charge in [-0.1, -0.05) is 42.0 Å². The molecule has 1 aromatic rings. The minimum absolute atomic E-state index is 0.128. The molecule has 2 heteroatoms. The van der Waals surface area contributed by atoms with Crippen LogP contribution in [0.2, 0.25) is 0 Å². The van der Waals surface area contributed by atoms with E-state index in [1.807, 2.05) is 25.1 Å². The van der Waals surface area contributed by atoms with Crippen LogP contribution in [0.15, 0.2) is 36.4 Å². The van der Waals surface area contributed by atoms with Gasteiger partial charge in [-0.2, -0.15) is 0 Å². The molecular formula is C14H16O2. The van der Waals surface area contributed by atoms with Crippen LogP contribution in [0.3, 0.4) is 0 Å². The van der Waals surface area contributed by atoms with Gasteiger partial charge in [-0.05, 0) is 25.3 Å². The van der Waals surface area contributed by atoms with Crippen molar-refractivity contribution in [3.63, 3.8) is 0 Å². The fourth-order valence-electron chi connectivity index (χ4n) is 2.27. The maximum absolute atomic E-state index is 11.2. The number of hydrogen-bond acceptors (Lipinski definition) is 1. The van der Waals surface area contributed by atoms with Crippen molar-refractivity contribution in [2.24, 2.45) is 5.92 Å². The Hall–Kier alpha value is -1.57. The van der Waals surface area contributed by atoms with Crippen molar-refractivity contribution >= 4 is 5.97 Å². The third-order valence-corrected chi connectivity index (χ3v) is 3.26. The van der Waals surface area contributed by atoms with E-state index in [1.165, 1.54) is 5.56 Å². The summed E-state index contributed by atoms with van der Waals surface area (Å²) in [7, 11) is 0. The van der Waals surface area contributed by atoms with Crippen molar-refractivity contribution in [2.45, 2.75) is 25.7 Å².